The lowest BCUT2D eigenvalue weighted by Crippen LogP contribution is -2.56. The largest absolute Gasteiger partial charge is 0.496 e. The number of likely N-dealkylation sites (N-methyl/N-ethyl adjacent to an activating group) is 1. The molecule has 0 fully saturated rings. The van der Waals surface area contributed by atoms with Crippen molar-refractivity contribution in [3.8, 4) is 17.2 Å². The molecular formula is C26H27ClN2O6. The number of carbonyl (C=O) groups is 3. The number of amides is 1. The van der Waals surface area contributed by atoms with Crippen LogP contribution < -0.4 is 24.8 Å². The molecule has 1 heterocycles. The van der Waals surface area contributed by atoms with E-state index in [1.807, 2.05) is 30.3 Å². The van der Waals surface area contributed by atoms with E-state index in [0.29, 0.717) is 18.5 Å². The number of Topliss-reactive ketones (excluding diaryl/α,β-unsaturated/α-hetero) is 1. The molecule has 184 valence electrons. The molecule has 2 N–H and O–H groups in total. The number of rotatable bonds is 7. The third kappa shape index (κ3) is 4.12. The highest BCUT2D eigenvalue weighted by Gasteiger charge is 2.60. The third-order valence-electron chi connectivity index (χ3n) is 6.52. The Kier molecular flexibility index (Phi) is 6.76. The Morgan fingerprint density at radius 3 is 2.49 bits per heavy atom. The monoisotopic (exact) mass is 498 g/mol. The summed E-state index contributed by atoms with van der Waals surface area (Å²) < 4.78 is 16.7. The lowest BCUT2D eigenvalue weighted by atomic mass is 9.74. The fourth-order valence-corrected chi connectivity index (χ4v) is 4.95. The number of fused-ring (bicyclic) bond motifs is 1. The van der Waals surface area contributed by atoms with Crippen LogP contribution in [0.3, 0.4) is 0 Å². The first kappa shape index (κ1) is 24.6. The number of carbonyl (C=O) groups excluding carboxylic acids is 3. The van der Waals surface area contributed by atoms with Gasteiger partial charge in [-0.1, -0.05) is 48.9 Å². The molecular weight excluding hydrogens is 472 g/mol. The summed E-state index contributed by atoms with van der Waals surface area (Å²) >= 11 is 6.43. The number of benzene rings is 2. The smallest absolute Gasteiger partial charge is 0.242 e. The Morgan fingerprint density at radius 1 is 1.20 bits per heavy atom. The molecule has 2 aromatic rings. The number of ketones is 2. The van der Waals surface area contributed by atoms with Gasteiger partial charge in [0, 0.05) is 37.2 Å². The lowest BCUT2D eigenvalue weighted by Gasteiger charge is -2.36. The average molecular weight is 499 g/mol. The van der Waals surface area contributed by atoms with Crippen LogP contribution in [-0.4, -0.2) is 50.4 Å². The molecule has 2 aromatic carbocycles. The quantitative estimate of drug-likeness (QED) is 0.565. The van der Waals surface area contributed by atoms with E-state index in [4.69, 9.17) is 25.8 Å². The van der Waals surface area contributed by atoms with Gasteiger partial charge in [-0.2, -0.15) is 0 Å². The summed E-state index contributed by atoms with van der Waals surface area (Å²) in [6.45, 7) is 1.76. The van der Waals surface area contributed by atoms with E-state index < -0.39 is 29.1 Å². The Bertz CT molecular complexity index is 1210. The van der Waals surface area contributed by atoms with E-state index in [9.17, 15) is 14.4 Å². The van der Waals surface area contributed by atoms with Crippen LogP contribution in [0.15, 0.2) is 48.2 Å². The SMILES string of the molecule is CNC(=O)C(Cc1ccccc1)NC1=CC(=O)C2(Oc3c(Cl)c(OC)cc(OC)c3C2=O)C(C)C1. The van der Waals surface area contributed by atoms with Crippen LogP contribution in [0.5, 0.6) is 17.2 Å². The van der Waals surface area contributed by atoms with Crippen LogP contribution in [-0.2, 0) is 16.0 Å². The van der Waals surface area contributed by atoms with Crippen molar-refractivity contribution >= 4 is 29.1 Å². The average Bonchev–Trinajstić information content (AvgIpc) is 3.17. The molecule has 0 radical (unpaired) electrons. The van der Waals surface area contributed by atoms with E-state index in [-0.39, 0.29) is 33.7 Å². The van der Waals surface area contributed by atoms with Crippen LogP contribution >= 0.6 is 11.6 Å². The Balaban J connectivity index is 1.65. The predicted molar refractivity (Wildman–Crippen MR) is 130 cm³/mol. The van der Waals surface area contributed by atoms with Gasteiger partial charge in [-0.25, -0.2) is 0 Å². The van der Waals surface area contributed by atoms with Crippen molar-refractivity contribution in [1.82, 2.24) is 10.6 Å². The molecule has 9 heteroatoms. The summed E-state index contributed by atoms with van der Waals surface area (Å²) in [6.07, 6.45) is 2.09. The molecule has 0 saturated carbocycles. The van der Waals surface area contributed by atoms with E-state index in [0.717, 1.165) is 5.56 Å². The highest BCUT2D eigenvalue weighted by atomic mass is 35.5. The van der Waals surface area contributed by atoms with Gasteiger partial charge in [-0.05, 0) is 12.0 Å². The number of hydrogen-bond acceptors (Lipinski definition) is 7. The number of allylic oxidation sites excluding steroid dienone is 1. The van der Waals surface area contributed by atoms with Crippen molar-refractivity contribution in [2.24, 2.45) is 5.92 Å². The number of hydrogen-bond donors (Lipinski definition) is 2. The fraction of sp³-hybridized carbons (Fsp3) is 0.346. The van der Waals surface area contributed by atoms with Crippen LogP contribution in [0.25, 0.3) is 0 Å². The van der Waals surface area contributed by atoms with Crippen molar-refractivity contribution in [2.45, 2.75) is 31.4 Å². The molecule has 35 heavy (non-hydrogen) atoms. The Morgan fingerprint density at radius 2 is 1.89 bits per heavy atom. The van der Waals surface area contributed by atoms with E-state index in [1.165, 1.54) is 26.4 Å². The summed E-state index contributed by atoms with van der Waals surface area (Å²) in [5.74, 6) is -1.21. The minimum absolute atomic E-state index is 0.0743. The van der Waals surface area contributed by atoms with Gasteiger partial charge < -0.3 is 24.8 Å². The molecule has 0 aromatic heterocycles. The van der Waals surface area contributed by atoms with Gasteiger partial charge in [0.15, 0.2) is 5.75 Å². The summed E-state index contributed by atoms with van der Waals surface area (Å²) in [5.41, 5.74) is -0.115. The zero-order valence-electron chi connectivity index (χ0n) is 19.9. The summed E-state index contributed by atoms with van der Waals surface area (Å²) in [5, 5.41) is 5.96. The second kappa shape index (κ2) is 9.62. The fourth-order valence-electron chi connectivity index (χ4n) is 4.69. The number of halogens is 1. The van der Waals surface area contributed by atoms with Crippen molar-refractivity contribution in [3.05, 3.63) is 64.3 Å². The molecule has 1 aliphatic carbocycles. The van der Waals surface area contributed by atoms with Gasteiger partial charge in [-0.3, -0.25) is 14.4 Å². The van der Waals surface area contributed by atoms with E-state index in [2.05, 4.69) is 10.6 Å². The van der Waals surface area contributed by atoms with Crippen molar-refractivity contribution in [2.75, 3.05) is 21.3 Å². The normalized spacial score (nSPS) is 21.6. The van der Waals surface area contributed by atoms with Crippen molar-refractivity contribution < 1.29 is 28.6 Å². The minimum atomic E-state index is -1.77. The van der Waals surface area contributed by atoms with Crippen LogP contribution in [0.4, 0.5) is 0 Å². The molecule has 4 rings (SSSR count). The van der Waals surface area contributed by atoms with Crippen LogP contribution in [0, 0.1) is 5.92 Å². The molecule has 1 aliphatic heterocycles. The molecule has 2 aliphatic rings. The lowest BCUT2D eigenvalue weighted by molar-refractivity contribution is -0.129. The van der Waals surface area contributed by atoms with Gasteiger partial charge >= 0.3 is 0 Å². The zero-order chi connectivity index (χ0) is 25.3. The highest BCUT2D eigenvalue weighted by Crippen LogP contribution is 2.52. The van der Waals surface area contributed by atoms with Crippen LogP contribution in [0.1, 0.15) is 29.3 Å². The predicted octanol–water partition coefficient (Wildman–Crippen LogP) is 3.11. The molecule has 0 saturated heterocycles. The van der Waals surface area contributed by atoms with Gasteiger partial charge in [0.05, 0.1) is 14.2 Å². The number of nitrogens with one attached hydrogen (secondary N) is 2. The number of methoxy groups -OCH3 is 2. The maximum absolute atomic E-state index is 13.6. The third-order valence-corrected chi connectivity index (χ3v) is 6.87. The molecule has 3 unspecified atom stereocenters. The Hall–Kier alpha value is -3.52. The summed E-state index contributed by atoms with van der Waals surface area (Å²) in [4.78, 5) is 39.7. The first-order valence-electron chi connectivity index (χ1n) is 11.2. The van der Waals surface area contributed by atoms with Crippen LogP contribution in [0.2, 0.25) is 5.02 Å². The zero-order valence-corrected chi connectivity index (χ0v) is 20.7. The van der Waals surface area contributed by atoms with Gasteiger partial charge in [0.1, 0.15) is 28.1 Å². The standard InChI is InChI=1S/C26H27ClN2O6/c1-14-10-16(29-17(25(32)28-2)11-15-8-6-5-7-9-15)12-20(30)26(14)24(31)21-18(33-3)13-19(34-4)22(27)23(21)35-26/h5-9,12-14,17,29H,10-11H2,1-4H3,(H,28,32). The second-order valence-corrected chi connectivity index (χ2v) is 8.98. The second-order valence-electron chi connectivity index (χ2n) is 8.61. The topological polar surface area (TPSA) is 103 Å². The molecule has 3 atom stereocenters. The van der Waals surface area contributed by atoms with Gasteiger partial charge in [0.2, 0.25) is 23.1 Å². The van der Waals surface area contributed by atoms with Gasteiger partial charge in [0.25, 0.3) is 0 Å². The molecule has 1 amide bonds. The maximum atomic E-state index is 13.6. The van der Waals surface area contributed by atoms with Crippen molar-refractivity contribution in [1.29, 1.82) is 0 Å². The molecule has 1 spiro atoms. The maximum Gasteiger partial charge on any atom is 0.242 e. The molecule has 8 nitrogen and oxygen atoms in total. The van der Waals surface area contributed by atoms with Gasteiger partial charge in [-0.15, -0.1) is 0 Å². The first-order chi connectivity index (χ1) is 16.8. The Labute approximate surface area is 208 Å². The van der Waals surface area contributed by atoms with E-state index >= 15 is 0 Å². The summed E-state index contributed by atoms with van der Waals surface area (Å²) in [6, 6.07) is 10.5. The van der Waals surface area contributed by atoms with Crippen molar-refractivity contribution in [3.63, 3.8) is 0 Å². The minimum Gasteiger partial charge on any atom is -0.496 e. The summed E-state index contributed by atoms with van der Waals surface area (Å²) in [7, 11) is 4.42. The molecule has 0 bridgehead atoms. The number of ether oxygens (including phenoxy) is 3. The highest BCUT2D eigenvalue weighted by molar-refractivity contribution is 6.36. The first-order valence-corrected chi connectivity index (χ1v) is 11.6. The van der Waals surface area contributed by atoms with E-state index in [1.54, 1.807) is 14.0 Å².